The Bertz CT molecular complexity index is 868. The van der Waals surface area contributed by atoms with E-state index in [-0.39, 0.29) is 26.4 Å². The van der Waals surface area contributed by atoms with Crippen molar-refractivity contribution in [1.29, 1.82) is 0 Å². The van der Waals surface area contributed by atoms with Crippen LogP contribution in [-0.2, 0) is 9.47 Å². The lowest BCUT2D eigenvalue weighted by molar-refractivity contribution is -0.309. The lowest BCUT2D eigenvalue weighted by Gasteiger charge is -2.26. The van der Waals surface area contributed by atoms with Crippen molar-refractivity contribution in [2.75, 3.05) is 13.6 Å². The van der Waals surface area contributed by atoms with E-state index in [1.54, 1.807) is 24.3 Å². The van der Waals surface area contributed by atoms with Gasteiger partial charge in [0.2, 0.25) is 25.2 Å². The fraction of sp³-hybridized carbons (Fsp3) is 0.400. The first kappa shape index (κ1) is 16.4. The molecule has 6 rings (SSSR count). The molecule has 0 saturated carbocycles. The van der Waals surface area contributed by atoms with Crippen molar-refractivity contribution in [3.8, 4) is 23.0 Å². The fourth-order valence-electron chi connectivity index (χ4n) is 4.25. The summed E-state index contributed by atoms with van der Waals surface area (Å²) < 4.78 is 33.2. The molecule has 2 saturated heterocycles. The highest BCUT2D eigenvalue weighted by Gasteiger charge is 2.66. The first-order chi connectivity index (χ1) is 13.5. The molecule has 146 valence electrons. The number of aliphatic hydroxyl groups is 2. The van der Waals surface area contributed by atoms with Crippen LogP contribution in [-0.4, -0.2) is 35.4 Å². The fourth-order valence-corrected chi connectivity index (χ4v) is 4.25. The number of hydrogen-bond donors (Lipinski definition) is 2. The summed E-state index contributed by atoms with van der Waals surface area (Å²) in [6, 6.07) is 10.9. The summed E-state index contributed by atoms with van der Waals surface area (Å²) in [5, 5.41) is 22.1. The molecule has 4 atom stereocenters. The summed E-state index contributed by atoms with van der Waals surface area (Å²) in [7, 11) is 0. The third-order valence-electron chi connectivity index (χ3n) is 5.75. The largest absolute Gasteiger partial charge is 0.454 e. The van der Waals surface area contributed by atoms with Gasteiger partial charge in [0.15, 0.2) is 23.0 Å². The van der Waals surface area contributed by atoms with E-state index in [9.17, 15) is 10.2 Å². The number of rotatable bonds is 2. The molecule has 4 heterocycles. The van der Waals surface area contributed by atoms with Crippen molar-refractivity contribution >= 4 is 0 Å². The highest BCUT2D eigenvalue weighted by Crippen LogP contribution is 2.57. The number of ether oxygens (including phenoxy) is 6. The minimum atomic E-state index is -1.81. The molecule has 8 nitrogen and oxygen atoms in total. The van der Waals surface area contributed by atoms with E-state index < -0.39 is 23.8 Å². The van der Waals surface area contributed by atoms with E-state index in [0.29, 0.717) is 23.0 Å². The Morgan fingerprint density at radius 3 is 1.54 bits per heavy atom. The van der Waals surface area contributed by atoms with Crippen LogP contribution in [0.1, 0.15) is 36.2 Å². The first-order valence-electron chi connectivity index (χ1n) is 9.13. The zero-order chi connectivity index (χ0) is 18.9. The monoisotopic (exact) mass is 386 g/mol. The molecule has 28 heavy (non-hydrogen) atoms. The summed E-state index contributed by atoms with van der Waals surface area (Å²) in [5.41, 5.74) is 1.56. The Hall–Kier alpha value is -2.52. The maximum atomic E-state index is 11.0. The minimum absolute atomic E-state index is 0.101. The Balaban J connectivity index is 1.25. The van der Waals surface area contributed by atoms with Gasteiger partial charge in [0.25, 0.3) is 0 Å². The van der Waals surface area contributed by atoms with Crippen LogP contribution in [0.15, 0.2) is 36.4 Å². The maximum Gasteiger partial charge on any atom is 0.231 e. The zero-order valence-electron chi connectivity index (χ0n) is 14.8. The topological polar surface area (TPSA) is 95.8 Å². The summed E-state index contributed by atoms with van der Waals surface area (Å²) in [4.78, 5) is 0. The van der Waals surface area contributed by atoms with Crippen LogP contribution in [0, 0.1) is 0 Å². The third-order valence-corrected chi connectivity index (χ3v) is 5.75. The van der Waals surface area contributed by atoms with Gasteiger partial charge in [0, 0.05) is 12.8 Å². The molecule has 0 amide bonds. The number of benzene rings is 2. The van der Waals surface area contributed by atoms with Crippen LogP contribution in [0.3, 0.4) is 0 Å². The molecule has 2 N–H and O–H groups in total. The molecule has 2 aromatic rings. The second-order valence-corrected chi connectivity index (χ2v) is 7.42. The predicted octanol–water partition coefficient (Wildman–Crippen LogP) is 2.14. The van der Waals surface area contributed by atoms with Gasteiger partial charge >= 0.3 is 0 Å². The molecular formula is C20H18O8. The summed E-state index contributed by atoms with van der Waals surface area (Å²) in [6.07, 6.45) is -0.849. The SMILES string of the molecule is OC12CC(c3ccc4c(c3)OCO4)OC1(O)CC(c1ccc3c(c1)OCO3)O2. The molecule has 4 unspecified atom stereocenters. The molecular weight excluding hydrogens is 368 g/mol. The Kier molecular flexibility index (Phi) is 3.24. The molecule has 0 spiro atoms. The second-order valence-electron chi connectivity index (χ2n) is 7.42. The Morgan fingerprint density at radius 2 is 1.07 bits per heavy atom. The van der Waals surface area contributed by atoms with E-state index in [1.165, 1.54) is 0 Å². The summed E-state index contributed by atoms with van der Waals surface area (Å²) in [6.45, 7) is 0.358. The van der Waals surface area contributed by atoms with Gasteiger partial charge in [-0.3, -0.25) is 0 Å². The number of hydrogen-bond acceptors (Lipinski definition) is 8. The van der Waals surface area contributed by atoms with E-state index >= 15 is 0 Å². The lowest BCUT2D eigenvalue weighted by atomic mass is 9.98. The van der Waals surface area contributed by atoms with Crippen molar-refractivity contribution in [3.63, 3.8) is 0 Å². The van der Waals surface area contributed by atoms with Crippen molar-refractivity contribution in [3.05, 3.63) is 47.5 Å². The predicted molar refractivity (Wildman–Crippen MR) is 91.9 cm³/mol. The summed E-state index contributed by atoms with van der Waals surface area (Å²) in [5.74, 6) is -1.05. The zero-order valence-corrected chi connectivity index (χ0v) is 14.8. The van der Waals surface area contributed by atoms with E-state index in [0.717, 1.165) is 11.1 Å². The Labute approximate surface area is 160 Å². The average molecular weight is 386 g/mol. The third kappa shape index (κ3) is 2.26. The Morgan fingerprint density at radius 1 is 0.643 bits per heavy atom. The average Bonchev–Trinajstić information content (AvgIpc) is 3.41. The van der Waals surface area contributed by atoms with Crippen LogP contribution in [0.2, 0.25) is 0 Å². The molecule has 0 radical (unpaired) electrons. The number of fused-ring (bicyclic) bond motifs is 3. The van der Waals surface area contributed by atoms with Gasteiger partial charge in [0.1, 0.15) is 0 Å². The van der Waals surface area contributed by atoms with Crippen molar-refractivity contribution < 1.29 is 38.6 Å². The van der Waals surface area contributed by atoms with Gasteiger partial charge in [-0.2, -0.15) is 0 Å². The first-order valence-corrected chi connectivity index (χ1v) is 9.13. The van der Waals surface area contributed by atoms with Gasteiger partial charge in [0.05, 0.1) is 12.2 Å². The van der Waals surface area contributed by atoms with Crippen LogP contribution >= 0.6 is 0 Å². The second kappa shape index (κ2) is 5.51. The minimum Gasteiger partial charge on any atom is -0.454 e. The molecule has 0 bridgehead atoms. The smallest absolute Gasteiger partial charge is 0.231 e. The molecule has 2 fully saturated rings. The van der Waals surface area contributed by atoms with Crippen LogP contribution in [0.4, 0.5) is 0 Å². The van der Waals surface area contributed by atoms with E-state index in [1.807, 2.05) is 12.1 Å². The van der Waals surface area contributed by atoms with Crippen molar-refractivity contribution in [2.24, 2.45) is 0 Å². The molecule has 0 aliphatic carbocycles. The maximum absolute atomic E-state index is 11.0. The standard InChI is InChI=1S/C20H18O8/c21-19-7-17(11-1-3-13-15(5-11)25-9-23-13)27-20(19,22)8-18(28-19)12-2-4-14-16(6-12)26-10-24-14/h1-6,17-18,21-22H,7-10H2. The quantitative estimate of drug-likeness (QED) is 0.811. The van der Waals surface area contributed by atoms with E-state index in [2.05, 4.69) is 0 Å². The van der Waals surface area contributed by atoms with Gasteiger partial charge in [-0.25, -0.2) is 0 Å². The van der Waals surface area contributed by atoms with Crippen LogP contribution in [0.25, 0.3) is 0 Å². The highest BCUT2D eigenvalue weighted by molar-refractivity contribution is 5.46. The van der Waals surface area contributed by atoms with Crippen molar-refractivity contribution in [1.82, 2.24) is 0 Å². The normalized spacial score (nSPS) is 34.6. The highest BCUT2D eigenvalue weighted by atomic mass is 16.7. The van der Waals surface area contributed by atoms with Crippen LogP contribution < -0.4 is 18.9 Å². The van der Waals surface area contributed by atoms with Gasteiger partial charge < -0.3 is 38.6 Å². The lowest BCUT2D eigenvalue weighted by Crippen LogP contribution is -2.46. The van der Waals surface area contributed by atoms with E-state index in [4.69, 9.17) is 28.4 Å². The van der Waals surface area contributed by atoms with Gasteiger partial charge in [-0.1, -0.05) is 12.1 Å². The molecule has 4 aliphatic rings. The molecule has 2 aromatic carbocycles. The van der Waals surface area contributed by atoms with Crippen molar-refractivity contribution in [2.45, 2.75) is 36.6 Å². The summed E-state index contributed by atoms with van der Waals surface area (Å²) >= 11 is 0. The molecule has 4 aliphatic heterocycles. The molecule has 8 heteroatoms. The molecule has 0 aromatic heterocycles. The van der Waals surface area contributed by atoms with Gasteiger partial charge in [-0.15, -0.1) is 0 Å². The van der Waals surface area contributed by atoms with Crippen LogP contribution in [0.5, 0.6) is 23.0 Å². The van der Waals surface area contributed by atoms with Gasteiger partial charge in [-0.05, 0) is 35.4 Å².